The molecule has 32 heavy (non-hydrogen) atoms. The third-order valence-electron chi connectivity index (χ3n) is 6.90. The molecule has 0 aromatic heterocycles. The second kappa shape index (κ2) is 11.1. The van der Waals surface area contributed by atoms with Gasteiger partial charge in [0, 0.05) is 62.6 Å². The molecule has 0 spiro atoms. The van der Waals surface area contributed by atoms with Crippen molar-refractivity contribution in [3.05, 3.63) is 53.1 Å². The second-order valence-electron chi connectivity index (χ2n) is 9.42. The molecule has 6 heteroatoms. The second-order valence-corrected chi connectivity index (χ2v) is 9.42. The summed E-state index contributed by atoms with van der Waals surface area (Å²) in [6.07, 6.45) is 9.40. The van der Waals surface area contributed by atoms with Gasteiger partial charge in [-0.05, 0) is 55.9 Å². The van der Waals surface area contributed by atoms with Gasteiger partial charge in [0.15, 0.2) is 0 Å². The smallest absolute Gasteiger partial charge is 0.251 e. The number of carbonyl (C=O) groups excluding carboxylic acids is 1. The predicted octanol–water partition coefficient (Wildman–Crippen LogP) is 3.36. The van der Waals surface area contributed by atoms with Gasteiger partial charge in [0.1, 0.15) is 0 Å². The minimum atomic E-state index is -0.460. The minimum absolute atomic E-state index is 0.0101. The van der Waals surface area contributed by atoms with Crippen molar-refractivity contribution in [2.24, 2.45) is 5.92 Å². The molecule has 0 bridgehead atoms. The summed E-state index contributed by atoms with van der Waals surface area (Å²) in [5.74, 6) is -0.106. The Hall–Kier alpha value is -2.15. The molecule has 1 aliphatic carbocycles. The lowest BCUT2D eigenvalue weighted by Gasteiger charge is -2.34. The van der Waals surface area contributed by atoms with Gasteiger partial charge < -0.3 is 20.5 Å². The Morgan fingerprint density at radius 3 is 2.97 bits per heavy atom. The number of rotatable bonds is 8. The van der Waals surface area contributed by atoms with Gasteiger partial charge in [-0.3, -0.25) is 9.69 Å². The Labute approximate surface area is 191 Å². The maximum Gasteiger partial charge on any atom is 0.251 e. The molecular formula is C26H37N3O3. The first kappa shape index (κ1) is 23.0. The summed E-state index contributed by atoms with van der Waals surface area (Å²) in [7, 11) is 0. The summed E-state index contributed by atoms with van der Waals surface area (Å²) in [6.45, 7) is 6.64. The highest BCUT2D eigenvalue weighted by Crippen LogP contribution is 2.27. The van der Waals surface area contributed by atoms with E-state index in [4.69, 9.17) is 4.74 Å². The van der Waals surface area contributed by atoms with Crippen molar-refractivity contribution in [2.75, 3.05) is 44.7 Å². The number of hydrogen-bond donors (Lipinski definition) is 3. The van der Waals surface area contributed by atoms with E-state index in [0.29, 0.717) is 24.7 Å². The van der Waals surface area contributed by atoms with Gasteiger partial charge in [0.05, 0.1) is 6.10 Å². The number of hydrogen-bond acceptors (Lipinski definition) is 5. The van der Waals surface area contributed by atoms with E-state index in [9.17, 15) is 9.90 Å². The van der Waals surface area contributed by atoms with Gasteiger partial charge in [-0.15, -0.1) is 0 Å². The molecule has 3 N–H and O–H groups in total. The average Bonchev–Trinajstić information content (AvgIpc) is 2.83. The lowest BCUT2D eigenvalue weighted by Crippen LogP contribution is -2.42. The van der Waals surface area contributed by atoms with Crippen LogP contribution in [0.4, 0.5) is 5.69 Å². The first-order valence-electron chi connectivity index (χ1n) is 12.1. The summed E-state index contributed by atoms with van der Waals surface area (Å²) >= 11 is 0. The Morgan fingerprint density at radius 1 is 1.28 bits per heavy atom. The lowest BCUT2D eigenvalue weighted by molar-refractivity contribution is 0.0684. The van der Waals surface area contributed by atoms with Crippen LogP contribution in [0, 0.1) is 5.92 Å². The molecule has 174 valence electrons. The Bertz CT molecular complexity index is 844. The van der Waals surface area contributed by atoms with Crippen LogP contribution in [0.2, 0.25) is 0 Å². The number of amides is 1. The molecule has 6 nitrogen and oxygen atoms in total. The van der Waals surface area contributed by atoms with Crippen LogP contribution in [0.25, 0.3) is 0 Å². The number of allylic oxidation sites excluding steroid dienone is 2. The average molecular weight is 440 g/mol. The first-order chi connectivity index (χ1) is 15.6. The zero-order valence-electron chi connectivity index (χ0n) is 19.2. The quantitative estimate of drug-likeness (QED) is 0.579. The molecule has 1 fully saturated rings. The number of benzene rings is 1. The lowest BCUT2D eigenvalue weighted by atomic mass is 9.91. The van der Waals surface area contributed by atoms with Gasteiger partial charge in [0.2, 0.25) is 0 Å². The van der Waals surface area contributed by atoms with Crippen molar-refractivity contribution < 1.29 is 14.6 Å². The third kappa shape index (κ3) is 6.21. The summed E-state index contributed by atoms with van der Waals surface area (Å²) in [4.78, 5) is 15.1. The van der Waals surface area contributed by atoms with Gasteiger partial charge >= 0.3 is 0 Å². The Kier molecular flexibility index (Phi) is 8.00. The van der Waals surface area contributed by atoms with Gasteiger partial charge in [-0.1, -0.05) is 30.7 Å². The molecule has 1 aromatic rings. The molecule has 4 rings (SSSR count). The Balaban J connectivity index is 1.23. The maximum absolute atomic E-state index is 12.7. The normalized spacial score (nSPS) is 21.7. The summed E-state index contributed by atoms with van der Waals surface area (Å²) in [5.41, 5.74) is 4.63. The molecule has 2 heterocycles. The molecule has 3 aliphatic rings. The zero-order valence-corrected chi connectivity index (χ0v) is 19.2. The highest BCUT2D eigenvalue weighted by atomic mass is 16.5. The summed E-state index contributed by atoms with van der Waals surface area (Å²) in [6, 6.07) is 8.05. The van der Waals surface area contributed by atoms with E-state index < -0.39 is 6.10 Å². The number of ether oxygens (including phenoxy) is 1. The monoisotopic (exact) mass is 439 g/mol. The number of aliphatic hydroxyl groups excluding tert-OH is 1. The minimum Gasteiger partial charge on any atom is -0.391 e. The fraction of sp³-hybridized carbons (Fsp3) is 0.577. The van der Waals surface area contributed by atoms with Gasteiger partial charge in [0.25, 0.3) is 5.91 Å². The molecule has 2 atom stereocenters. The van der Waals surface area contributed by atoms with Crippen LogP contribution in [0.15, 0.2) is 47.6 Å². The van der Waals surface area contributed by atoms with Gasteiger partial charge in [-0.2, -0.15) is 0 Å². The number of nitrogens with one attached hydrogen (secondary N) is 2. The molecule has 1 saturated heterocycles. The van der Waals surface area contributed by atoms with E-state index in [1.165, 1.54) is 11.1 Å². The first-order valence-corrected chi connectivity index (χ1v) is 12.1. The number of carbonyl (C=O) groups is 1. The van der Waals surface area contributed by atoms with E-state index in [2.05, 4.69) is 27.7 Å². The molecule has 1 aromatic carbocycles. The summed E-state index contributed by atoms with van der Waals surface area (Å²) in [5, 5.41) is 17.3. The molecule has 2 unspecified atom stereocenters. The topological polar surface area (TPSA) is 73.8 Å². The van der Waals surface area contributed by atoms with Crippen molar-refractivity contribution in [1.29, 1.82) is 0 Å². The van der Waals surface area contributed by atoms with Crippen LogP contribution in [0.5, 0.6) is 0 Å². The van der Waals surface area contributed by atoms with E-state index >= 15 is 0 Å². The standard InChI is InChI=1S/C26H37N3O3/c1-19(25(30)18-29-12-9-20-5-2-3-6-22(20)17-29)16-27-26(31)21-7-4-8-24(15-21)28-23-10-13-32-14-11-23/h2,4-5,7-8,15,19,23,25,28,30H,3,6,9-14,16-18H2,1H3,(H,27,31). The zero-order chi connectivity index (χ0) is 22.3. The number of anilines is 1. The van der Waals surface area contributed by atoms with Crippen LogP contribution in [-0.4, -0.2) is 67.5 Å². The SMILES string of the molecule is CC(CNC(=O)c1cccc(NC2CCOCC2)c1)C(O)CN1CCC2=C(CCC=C2)C1. The van der Waals surface area contributed by atoms with E-state index in [1.54, 1.807) is 0 Å². The van der Waals surface area contributed by atoms with E-state index in [-0.39, 0.29) is 11.8 Å². The van der Waals surface area contributed by atoms with Crippen molar-refractivity contribution in [2.45, 2.75) is 51.2 Å². The van der Waals surface area contributed by atoms with Crippen molar-refractivity contribution in [3.63, 3.8) is 0 Å². The Morgan fingerprint density at radius 2 is 2.12 bits per heavy atom. The third-order valence-corrected chi connectivity index (χ3v) is 6.90. The predicted molar refractivity (Wildman–Crippen MR) is 128 cm³/mol. The number of nitrogens with zero attached hydrogens (tertiary/aromatic N) is 1. The maximum atomic E-state index is 12.7. The highest BCUT2D eigenvalue weighted by Gasteiger charge is 2.24. The fourth-order valence-electron chi connectivity index (χ4n) is 4.75. The van der Waals surface area contributed by atoms with Gasteiger partial charge in [-0.25, -0.2) is 0 Å². The fourth-order valence-corrected chi connectivity index (χ4v) is 4.75. The van der Waals surface area contributed by atoms with Crippen LogP contribution in [0.1, 0.15) is 49.4 Å². The van der Waals surface area contributed by atoms with Crippen LogP contribution in [-0.2, 0) is 4.74 Å². The largest absolute Gasteiger partial charge is 0.391 e. The van der Waals surface area contributed by atoms with Crippen LogP contribution in [0.3, 0.4) is 0 Å². The van der Waals surface area contributed by atoms with Crippen molar-refractivity contribution in [1.82, 2.24) is 10.2 Å². The van der Waals surface area contributed by atoms with E-state index in [1.807, 2.05) is 31.2 Å². The van der Waals surface area contributed by atoms with Crippen molar-refractivity contribution in [3.8, 4) is 0 Å². The van der Waals surface area contributed by atoms with Crippen LogP contribution < -0.4 is 10.6 Å². The molecule has 0 saturated carbocycles. The molecule has 1 amide bonds. The summed E-state index contributed by atoms with van der Waals surface area (Å²) < 4.78 is 5.41. The molecule has 2 aliphatic heterocycles. The highest BCUT2D eigenvalue weighted by molar-refractivity contribution is 5.95. The van der Waals surface area contributed by atoms with E-state index in [0.717, 1.165) is 64.1 Å². The molecular weight excluding hydrogens is 402 g/mol. The van der Waals surface area contributed by atoms with Crippen LogP contribution >= 0.6 is 0 Å². The molecule has 0 radical (unpaired) electrons. The van der Waals surface area contributed by atoms with Crippen molar-refractivity contribution >= 4 is 11.6 Å². The number of aliphatic hydroxyl groups is 1. The number of β-amino-alcohol motifs (C(OH)–C–C–N with tert-alkyl or cyclic N) is 1.